The van der Waals surface area contributed by atoms with E-state index in [0.717, 1.165) is 16.7 Å². The molecule has 3 rings (SSSR count). The number of aromatic nitrogens is 2. The minimum atomic E-state index is -0.580. The van der Waals surface area contributed by atoms with E-state index in [4.69, 9.17) is 9.47 Å². The second-order valence-corrected chi connectivity index (χ2v) is 8.59. The maximum atomic E-state index is 13.4. The first-order valence-corrected chi connectivity index (χ1v) is 11.5. The quantitative estimate of drug-likeness (QED) is 0.282. The van der Waals surface area contributed by atoms with Crippen molar-refractivity contribution in [3.8, 4) is 17.7 Å². The summed E-state index contributed by atoms with van der Waals surface area (Å²) >= 11 is 0. The number of nitrogens with zero attached hydrogens (tertiary/aromatic N) is 3. The molecule has 8 nitrogen and oxygen atoms in total. The monoisotopic (exact) mass is 474 g/mol. The van der Waals surface area contributed by atoms with Gasteiger partial charge in [-0.1, -0.05) is 23.8 Å². The zero-order chi connectivity index (χ0) is 25.5. The van der Waals surface area contributed by atoms with Crippen molar-refractivity contribution in [2.45, 2.75) is 47.1 Å². The smallest absolute Gasteiger partial charge is 0.269 e. The van der Waals surface area contributed by atoms with Crippen molar-refractivity contribution in [3.05, 3.63) is 74.7 Å². The lowest BCUT2D eigenvalue weighted by Crippen LogP contribution is -2.27. The average molecular weight is 475 g/mol. The summed E-state index contributed by atoms with van der Waals surface area (Å²) in [6.07, 6.45) is 3.54. The van der Waals surface area contributed by atoms with E-state index < -0.39 is 11.5 Å². The van der Waals surface area contributed by atoms with E-state index in [1.807, 2.05) is 58.9 Å². The number of carbonyl (C=O) groups is 1. The summed E-state index contributed by atoms with van der Waals surface area (Å²) in [4.78, 5) is 30.6. The summed E-state index contributed by atoms with van der Waals surface area (Å²) in [5.41, 5.74) is 2.52. The number of pyridine rings is 1. The summed E-state index contributed by atoms with van der Waals surface area (Å²) < 4.78 is 12.9. The molecule has 35 heavy (non-hydrogen) atoms. The molecule has 0 aliphatic carbocycles. The SMILES string of the molecule is Cc1ccc(Oc2nc3c(C)cccn3c(=O)c2/C=C(\C#N)C(=O)NCCCOC(C)C)c(C)c1. The summed E-state index contributed by atoms with van der Waals surface area (Å²) in [7, 11) is 0. The molecule has 0 spiro atoms. The fraction of sp³-hybridized carbons (Fsp3) is 0.333. The molecule has 3 aromatic rings. The Morgan fingerprint density at radius 2 is 2.00 bits per heavy atom. The second-order valence-electron chi connectivity index (χ2n) is 8.59. The van der Waals surface area contributed by atoms with Crippen LogP contribution in [0, 0.1) is 32.1 Å². The van der Waals surface area contributed by atoms with Crippen LogP contribution in [0.4, 0.5) is 0 Å². The lowest BCUT2D eigenvalue weighted by atomic mass is 10.1. The second kappa shape index (κ2) is 11.4. The predicted octanol–water partition coefficient (Wildman–Crippen LogP) is 4.25. The van der Waals surface area contributed by atoms with Crippen LogP contribution in [0.5, 0.6) is 11.6 Å². The Hall–Kier alpha value is -3.96. The molecule has 0 fully saturated rings. The first-order valence-electron chi connectivity index (χ1n) is 11.5. The van der Waals surface area contributed by atoms with Crippen LogP contribution < -0.4 is 15.6 Å². The average Bonchev–Trinajstić information content (AvgIpc) is 2.81. The summed E-state index contributed by atoms with van der Waals surface area (Å²) in [6.45, 7) is 10.4. The molecule has 0 saturated heterocycles. The molecule has 182 valence electrons. The Kier molecular flexibility index (Phi) is 8.39. The fourth-order valence-electron chi connectivity index (χ4n) is 3.49. The zero-order valence-corrected chi connectivity index (χ0v) is 20.7. The maximum Gasteiger partial charge on any atom is 0.269 e. The number of nitrogens with one attached hydrogen (secondary N) is 1. The number of rotatable bonds is 9. The molecular formula is C27H30N4O4. The molecule has 0 saturated carbocycles. The molecule has 0 unspecified atom stereocenters. The van der Waals surface area contributed by atoms with Crippen molar-refractivity contribution < 1.29 is 14.3 Å². The Labute approximate surface area is 204 Å². The first-order chi connectivity index (χ1) is 16.7. The van der Waals surface area contributed by atoms with Crippen LogP contribution in [0.15, 0.2) is 46.9 Å². The summed E-state index contributed by atoms with van der Waals surface area (Å²) in [5, 5.41) is 12.4. The van der Waals surface area contributed by atoms with Gasteiger partial charge in [-0.25, -0.2) is 0 Å². The van der Waals surface area contributed by atoms with Crippen LogP contribution >= 0.6 is 0 Å². The van der Waals surface area contributed by atoms with Crippen LogP contribution in [0.2, 0.25) is 0 Å². The number of nitriles is 1. The topological polar surface area (TPSA) is 106 Å². The highest BCUT2D eigenvalue weighted by atomic mass is 16.5. The van der Waals surface area contributed by atoms with E-state index in [-0.39, 0.29) is 23.1 Å². The molecule has 1 amide bonds. The maximum absolute atomic E-state index is 13.4. The predicted molar refractivity (Wildman–Crippen MR) is 134 cm³/mol. The lowest BCUT2D eigenvalue weighted by molar-refractivity contribution is -0.117. The van der Waals surface area contributed by atoms with E-state index in [0.29, 0.717) is 31.0 Å². The van der Waals surface area contributed by atoms with Gasteiger partial charge >= 0.3 is 0 Å². The highest BCUT2D eigenvalue weighted by Crippen LogP contribution is 2.28. The van der Waals surface area contributed by atoms with E-state index in [1.54, 1.807) is 18.3 Å². The van der Waals surface area contributed by atoms with Crippen molar-refractivity contribution >= 4 is 17.6 Å². The van der Waals surface area contributed by atoms with Crippen molar-refractivity contribution in [1.82, 2.24) is 14.7 Å². The minimum absolute atomic E-state index is 0.0166. The molecule has 0 aliphatic rings. The molecule has 2 aromatic heterocycles. The van der Waals surface area contributed by atoms with Gasteiger partial charge in [-0.15, -0.1) is 0 Å². The normalized spacial score (nSPS) is 11.5. The van der Waals surface area contributed by atoms with Crippen LogP contribution in [0.1, 0.15) is 42.5 Å². The largest absolute Gasteiger partial charge is 0.438 e. The van der Waals surface area contributed by atoms with Crippen molar-refractivity contribution in [2.75, 3.05) is 13.2 Å². The molecule has 0 radical (unpaired) electrons. The zero-order valence-electron chi connectivity index (χ0n) is 20.7. The number of aryl methyl sites for hydroxylation is 3. The van der Waals surface area contributed by atoms with Gasteiger partial charge in [0, 0.05) is 19.3 Å². The Balaban J connectivity index is 2.01. The van der Waals surface area contributed by atoms with Gasteiger partial charge in [-0.3, -0.25) is 14.0 Å². The third-order valence-corrected chi connectivity index (χ3v) is 5.30. The number of benzene rings is 1. The molecular weight excluding hydrogens is 444 g/mol. The Bertz CT molecular complexity index is 1370. The highest BCUT2D eigenvalue weighted by Gasteiger charge is 2.18. The molecule has 0 bridgehead atoms. The van der Waals surface area contributed by atoms with Crippen molar-refractivity contribution in [3.63, 3.8) is 0 Å². The van der Waals surface area contributed by atoms with E-state index >= 15 is 0 Å². The van der Waals surface area contributed by atoms with Gasteiger partial charge in [-0.05, 0) is 70.4 Å². The Morgan fingerprint density at radius 1 is 1.23 bits per heavy atom. The summed E-state index contributed by atoms with van der Waals surface area (Å²) in [6, 6.07) is 11.1. The lowest BCUT2D eigenvalue weighted by Gasteiger charge is -2.13. The van der Waals surface area contributed by atoms with Crippen LogP contribution in [-0.4, -0.2) is 34.5 Å². The standard InChI is InChI=1S/C27H30N4O4/c1-17(2)34-13-7-11-29-25(32)21(16-28)15-22-26(35-23-10-9-18(3)14-20(23)5)30-24-19(4)8-6-12-31(24)27(22)33/h6,8-10,12,14-15,17H,7,11,13H2,1-5H3,(H,29,32)/b21-15+. The number of carbonyl (C=O) groups excluding carboxylic acids is 1. The summed E-state index contributed by atoms with van der Waals surface area (Å²) in [5.74, 6) is -0.0198. The van der Waals surface area contributed by atoms with Gasteiger partial charge in [0.15, 0.2) is 0 Å². The van der Waals surface area contributed by atoms with Gasteiger partial charge in [0.25, 0.3) is 11.5 Å². The van der Waals surface area contributed by atoms with Gasteiger partial charge < -0.3 is 14.8 Å². The third kappa shape index (κ3) is 6.34. The molecule has 0 aliphatic heterocycles. The van der Waals surface area contributed by atoms with Gasteiger partial charge in [0.1, 0.15) is 28.6 Å². The number of hydrogen-bond donors (Lipinski definition) is 1. The highest BCUT2D eigenvalue weighted by molar-refractivity contribution is 6.01. The van der Waals surface area contributed by atoms with E-state index in [1.165, 1.54) is 10.5 Å². The van der Waals surface area contributed by atoms with Gasteiger partial charge in [-0.2, -0.15) is 10.2 Å². The Morgan fingerprint density at radius 3 is 2.69 bits per heavy atom. The first kappa shape index (κ1) is 25.7. The van der Waals surface area contributed by atoms with E-state index in [2.05, 4.69) is 10.3 Å². The van der Waals surface area contributed by atoms with Crippen LogP contribution in [0.25, 0.3) is 11.7 Å². The molecule has 1 aromatic carbocycles. The molecule has 1 N–H and O–H groups in total. The van der Waals surface area contributed by atoms with Gasteiger partial charge in [0.2, 0.25) is 5.88 Å². The fourth-order valence-corrected chi connectivity index (χ4v) is 3.49. The van der Waals surface area contributed by atoms with Crippen LogP contribution in [-0.2, 0) is 9.53 Å². The number of fused-ring (bicyclic) bond motifs is 1. The third-order valence-electron chi connectivity index (χ3n) is 5.30. The van der Waals surface area contributed by atoms with Crippen molar-refractivity contribution in [1.29, 1.82) is 5.26 Å². The number of ether oxygens (including phenoxy) is 2. The van der Waals surface area contributed by atoms with E-state index in [9.17, 15) is 14.9 Å². The van der Waals surface area contributed by atoms with Crippen LogP contribution in [0.3, 0.4) is 0 Å². The number of amides is 1. The minimum Gasteiger partial charge on any atom is -0.438 e. The van der Waals surface area contributed by atoms with Crippen molar-refractivity contribution in [2.24, 2.45) is 0 Å². The molecule has 0 atom stereocenters. The van der Waals surface area contributed by atoms with Gasteiger partial charge in [0.05, 0.1) is 6.10 Å². The molecule has 8 heteroatoms. The number of hydrogen-bond acceptors (Lipinski definition) is 6. The molecule has 2 heterocycles.